The summed E-state index contributed by atoms with van der Waals surface area (Å²) in [5.74, 6) is 2.19. The Balaban J connectivity index is 0.000000166. The van der Waals surface area contributed by atoms with E-state index in [1.54, 1.807) is 0 Å². The predicted octanol–water partition coefficient (Wildman–Crippen LogP) is 6.97. The molecule has 0 radical (unpaired) electrons. The Morgan fingerprint density at radius 1 is 0.483 bits per heavy atom. The Hall–Kier alpha value is -2.62. The maximum atomic E-state index is 12.0. The molecule has 0 saturated heterocycles. The van der Waals surface area contributed by atoms with Crippen molar-refractivity contribution in [1.82, 2.24) is 0 Å². The lowest BCUT2D eigenvalue weighted by Crippen LogP contribution is -1.91. The van der Waals surface area contributed by atoms with Gasteiger partial charge in [-0.2, -0.15) is 11.8 Å². The van der Waals surface area contributed by atoms with Crippen LogP contribution in [0.25, 0.3) is 0 Å². The molecule has 0 spiro atoms. The van der Waals surface area contributed by atoms with Crippen LogP contribution in [0.1, 0.15) is 11.1 Å². The monoisotopic (exact) mass is 416 g/mol. The summed E-state index contributed by atoms with van der Waals surface area (Å²) < 4.78 is 12.0. The molecular weight excluding hydrogens is 392 g/mol. The van der Waals surface area contributed by atoms with Crippen LogP contribution < -0.4 is 0 Å². The normalized spacial score (nSPS) is 10.2. The second kappa shape index (κ2) is 12.1. The van der Waals surface area contributed by atoms with Gasteiger partial charge in [-0.15, -0.1) is 0 Å². The summed E-state index contributed by atoms with van der Waals surface area (Å²) in [5, 5.41) is 0. The van der Waals surface area contributed by atoms with E-state index in [1.807, 2.05) is 72.4 Å². The first kappa shape index (κ1) is 21.1. The van der Waals surface area contributed by atoms with Gasteiger partial charge in [-0.25, -0.2) is 4.21 Å². The molecule has 3 heteroatoms. The minimum Gasteiger partial charge on any atom is -0.249 e. The lowest BCUT2D eigenvalue weighted by atomic mass is 10.2. The summed E-state index contributed by atoms with van der Waals surface area (Å²) in [6.45, 7) is 0. The summed E-state index contributed by atoms with van der Waals surface area (Å²) in [5.41, 5.74) is 2.80. The van der Waals surface area contributed by atoms with E-state index in [9.17, 15) is 4.21 Å². The molecule has 0 atom stereocenters. The van der Waals surface area contributed by atoms with Gasteiger partial charge >= 0.3 is 0 Å². The van der Waals surface area contributed by atoms with Crippen LogP contribution in [0, 0.1) is 0 Å². The summed E-state index contributed by atoms with van der Waals surface area (Å²) in [7, 11) is -1.05. The number of benzene rings is 4. The molecule has 4 rings (SSSR count). The molecule has 0 bridgehead atoms. The lowest BCUT2D eigenvalue weighted by molar-refractivity contribution is 0.683. The van der Waals surface area contributed by atoms with Crippen molar-refractivity contribution >= 4 is 22.6 Å². The zero-order valence-electron chi connectivity index (χ0n) is 16.2. The third-order valence-corrected chi connectivity index (χ3v) is 6.61. The Morgan fingerprint density at radius 3 is 1.14 bits per heavy atom. The van der Waals surface area contributed by atoms with E-state index in [4.69, 9.17) is 0 Å². The van der Waals surface area contributed by atoms with Crippen molar-refractivity contribution < 1.29 is 4.21 Å². The van der Waals surface area contributed by atoms with Crippen LogP contribution in [0.4, 0.5) is 0 Å². The molecule has 0 saturated carbocycles. The van der Waals surface area contributed by atoms with Crippen LogP contribution in [-0.4, -0.2) is 4.21 Å². The van der Waals surface area contributed by atoms with Crippen LogP contribution in [0.15, 0.2) is 131 Å². The molecule has 29 heavy (non-hydrogen) atoms. The lowest BCUT2D eigenvalue weighted by Gasteiger charge is -2.01. The fraction of sp³-hybridized carbons (Fsp3) is 0.0769. The smallest absolute Gasteiger partial charge is 0.0849 e. The molecule has 0 fully saturated rings. The van der Waals surface area contributed by atoms with E-state index in [0.29, 0.717) is 0 Å². The van der Waals surface area contributed by atoms with Gasteiger partial charge in [-0.1, -0.05) is 97.1 Å². The van der Waals surface area contributed by atoms with Gasteiger partial charge in [0.25, 0.3) is 0 Å². The van der Waals surface area contributed by atoms with Crippen LogP contribution in [0.3, 0.4) is 0 Å². The van der Waals surface area contributed by atoms with Crippen molar-refractivity contribution in [3.8, 4) is 0 Å². The summed E-state index contributed by atoms with van der Waals surface area (Å²) >= 11 is 1.96. The Bertz CT molecular complexity index is 891. The van der Waals surface area contributed by atoms with Gasteiger partial charge in [0.2, 0.25) is 0 Å². The Kier molecular flexibility index (Phi) is 8.77. The van der Waals surface area contributed by atoms with E-state index < -0.39 is 10.8 Å². The molecule has 0 N–H and O–H groups in total. The molecule has 0 heterocycles. The van der Waals surface area contributed by atoms with Crippen LogP contribution in [-0.2, 0) is 22.3 Å². The molecule has 146 valence electrons. The predicted molar refractivity (Wildman–Crippen MR) is 125 cm³/mol. The van der Waals surface area contributed by atoms with Crippen molar-refractivity contribution in [2.24, 2.45) is 0 Å². The fourth-order valence-electron chi connectivity index (χ4n) is 2.66. The third-order valence-electron chi connectivity index (χ3n) is 4.14. The van der Waals surface area contributed by atoms with Gasteiger partial charge in [-0.3, -0.25) is 0 Å². The molecule has 0 unspecified atom stereocenters. The average molecular weight is 417 g/mol. The van der Waals surface area contributed by atoms with E-state index >= 15 is 0 Å². The van der Waals surface area contributed by atoms with Crippen LogP contribution in [0.5, 0.6) is 0 Å². The first-order valence-corrected chi connectivity index (χ1v) is 11.8. The van der Waals surface area contributed by atoms with Gasteiger partial charge in [0.1, 0.15) is 0 Å². The topological polar surface area (TPSA) is 17.1 Å². The second-order valence-corrected chi connectivity index (χ2v) is 8.82. The zero-order chi connectivity index (χ0) is 20.2. The molecule has 1 nitrogen and oxygen atoms in total. The average Bonchev–Trinajstić information content (AvgIpc) is 2.82. The molecular formula is C26H24OS2. The molecule has 0 aliphatic carbocycles. The SMILES string of the molecule is O=S(c1ccccc1)c1ccccc1.c1ccc(CSCc2ccccc2)cc1. The number of hydrogen-bond acceptors (Lipinski definition) is 2. The van der Waals surface area contributed by atoms with Crippen molar-refractivity contribution in [3.05, 3.63) is 132 Å². The highest BCUT2D eigenvalue weighted by Crippen LogP contribution is 2.17. The molecule has 0 aliphatic rings. The minimum absolute atomic E-state index is 0.846. The molecule has 0 aromatic heterocycles. The third kappa shape index (κ3) is 7.37. The van der Waals surface area contributed by atoms with Crippen molar-refractivity contribution in [3.63, 3.8) is 0 Å². The largest absolute Gasteiger partial charge is 0.249 e. The van der Waals surface area contributed by atoms with Gasteiger partial charge < -0.3 is 0 Å². The highest BCUT2D eigenvalue weighted by Gasteiger charge is 2.04. The summed E-state index contributed by atoms with van der Waals surface area (Å²) in [6, 6.07) is 40.2. The van der Waals surface area contributed by atoms with Gasteiger partial charge in [0.15, 0.2) is 0 Å². The quantitative estimate of drug-likeness (QED) is 0.337. The number of hydrogen-bond donors (Lipinski definition) is 0. The Labute approximate surface area is 180 Å². The van der Waals surface area contributed by atoms with Gasteiger partial charge in [0, 0.05) is 21.3 Å². The molecule has 0 amide bonds. The molecule has 0 aliphatic heterocycles. The van der Waals surface area contributed by atoms with Crippen LogP contribution >= 0.6 is 11.8 Å². The second-order valence-electron chi connectivity index (χ2n) is 6.36. The maximum absolute atomic E-state index is 12.0. The van der Waals surface area contributed by atoms with E-state index in [1.165, 1.54) is 11.1 Å². The van der Waals surface area contributed by atoms with Crippen LogP contribution in [0.2, 0.25) is 0 Å². The summed E-state index contributed by atoms with van der Waals surface area (Å²) in [4.78, 5) is 1.69. The fourth-order valence-corrected chi connectivity index (χ4v) is 4.70. The van der Waals surface area contributed by atoms with Gasteiger partial charge in [0.05, 0.1) is 10.8 Å². The van der Waals surface area contributed by atoms with Gasteiger partial charge in [-0.05, 0) is 35.4 Å². The zero-order valence-corrected chi connectivity index (χ0v) is 17.8. The Morgan fingerprint density at radius 2 is 0.793 bits per heavy atom. The number of rotatable bonds is 6. The van der Waals surface area contributed by atoms with E-state index in [0.717, 1.165) is 21.3 Å². The first-order valence-electron chi connectivity index (χ1n) is 9.50. The highest BCUT2D eigenvalue weighted by atomic mass is 32.2. The van der Waals surface area contributed by atoms with Crippen molar-refractivity contribution in [2.45, 2.75) is 21.3 Å². The van der Waals surface area contributed by atoms with Crippen molar-refractivity contribution in [2.75, 3.05) is 0 Å². The molecule has 4 aromatic carbocycles. The highest BCUT2D eigenvalue weighted by molar-refractivity contribution is 7.97. The standard InChI is InChI=1S/C14H14S.C12H10OS/c1-3-7-13(8-4-1)11-15-12-14-9-5-2-6-10-14;13-14(11-7-3-1-4-8-11)12-9-5-2-6-10-12/h1-10H,11-12H2;1-10H. The first-order chi connectivity index (χ1) is 14.3. The summed E-state index contributed by atoms with van der Waals surface area (Å²) in [6.07, 6.45) is 0. The van der Waals surface area contributed by atoms with Crippen molar-refractivity contribution in [1.29, 1.82) is 0 Å². The van der Waals surface area contributed by atoms with E-state index in [-0.39, 0.29) is 0 Å². The molecule has 4 aromatic rings. The number of thioether (sulfide) groups is 1. The van der Waals surface area contributed by atoms with E-state index in [2.05, 4.69) is 60.7 Å². The minimum atomic E-state index is -1.05. The maximum Gasteiger partial charge on any atom is 0.0849 e.